The molecule has 3 nitrogen and oxygen atoms in total. The fraction of sp³-hybridized carbons (Fsp3) is 0.364. The summed E-state index contributed by atoms with van der Waals surface area (Å²) in [5, 5.41) is 0. The highest BCUT2D eigenvalue weighted by Crippen LogP contribution is 2.28. The molecule has 0 saturated heterocycles. The molecule has 0 aliphatic rings. The molecule has 0 amide bonds. The smallest absolute Gasteiger partial charge is 0.462 e. The van der Waals surface area contributed by atoms with E-state index in [0.29, 0.717) is 0 Å². The molecule has 6 heteroatoms. The molecule has 0 atom stereocenters. The van der Waals surface area contributed by atoms with Crippen LogP contribution in [0.4, 0.5) is 13.2 Å². The van der Waals surface area contributed by atoms with Gasteiger partial charge in [0.15, 0.2) is 0 Å². The van der Waals surface area contributed by atoms with Crippen LogP contribution in [0.5, 0.6) is 5.75 Å². The monoisotopic (exact) mass is 248 g/mol. The van der Waals surface area contributed by atoms with Crippen LogP contribution in [-0.2, 0) is 4.74 Å². The zero-order valence-electron chi connectivity index (χ0n) is 9.30. The predicted octanol–water partition coefficient (Wildman–Crippen LogP) is 3.07. The van der Waals surface area contributed by atoms with E-state index < -0.39 is 18.1 Å². The number of carbonyl (C=O) groups is 1. The van der Waals surface area contributed by atoms with Gasteiger partial charge in [-0.05, 0) is 26.0 Å². The number of hydrogen-bond acceptors (Lipinski definition) is 3. The highest BCUT2D eigenvalue weighted by molar-refractivity contribution is 5.91. The molecular formula is C11H11F3O3. The maximum atomic E-state index is 12.1. The number of alkyl halides is 3. The molecule has 0 aromatic heterocycles. The molecule has 1 aromatic carbocycles. The first-order valence-electron chi connectivity index (χ1n) is 4.87. The van der Waals surface area contributed by atoms with E-state index in [-0.39, 0.29) is 17.7 Å². The van der Waals surface area contributed by atoms with Crippen molar-refractivity contribution in [2.24, 2.45) is 0 Å². The molecule has 0 bridgehead atoms. The van der Waals surface area contributed by atoms with Crippen molar-refractivity contribution in [3.63, 3.8) is 0 Å². The van der Waals surface area contributed by atoms with Crippen LogP contribution in [0.15, 0.2) is 18.2 Å². The molecule has 0 heterocycles. The normalized spacial score (nSPS) is 11.1. The molecule has 0 radical (unpaired) electrons. The highest BCUT2D eigenvalue weighted by atomic mass is 19.4. The molecule has 0 fully saturated rings. The van der Waals surface area contributed by atoms with Crippen LogP contribution in [0, 0.1) is 6.92 Å². The Morgan fingerprint density at radius 1 is 1.35 bits per heavy atom. The SMILES string of the molecule is CCOC(=O)c1cccc(OC(F)(F)F)c1C. The first-order valence-corrected chi connectivity index (χ1v) is 4.87. The van der Waals surface area contributed by atoms with E-state index in [9.17, 15) is 18.0 Å². The van der Waals surface area contributed by atoms with E-state index in [1.54, 1.807) is 6.92 Å². The summed E-state index contributed by atoms with van der Waals surface area (Å²) < 4.78 is 44.7. The van der Waals surface area contributed by atoms with Gasteiger partial charge in [-0.2, -0.15) is 0 Å². The first-order chi connectivity index (χ1) is 7.85. The molecule has 0 N–H and O–H groups in total. The highest BCUT2D eigenvalue weighted by Gasteiger charge is 2.32. The van der Waals surface area contributed by atoms with Gasteiger partial charge in [-0.25, -0.2) is 4.79 Å². The van der Waals surface area contributed by atoms with E-state index in [0.717, 1.165) is 6.07 Å². The summed E-state index contributed by atoms with van der Waals surface area (Å²) in [5.74, 6) is -1.07. The van der Waals surface area contributed by atoms with Crippen molar-refractivity contribution < 1.29 is 27.4 Å². The molecule has 0 spiro atoms. The third-order valence-electron chi connectivity index (χ3n) is 2.01. The van der Waals surface area contributed by atoms with Gasteiger partial charge in [0.2, 0.25) is 0 Å². The average molecular weight is 248 g/mol. The average Bonchev–Trinajstić information content (AvgIpc) is 2.19. The molecular weight excluding hydrogens is 237 g/mol. The topological polar surface area (TPSA) is 35.5 Å². The van der Waals surface area contributed by atoms with Crippen LogP contribution in [0.2, 0.25) is 0 Å². The summed E-state index contributed by atoms with van der Waals surface area (Å²) in [7, 11) is 0. The lowest BCUT2D eigenvalue weighted by Crippen LogP contribution is -2.18. The Kier molecular flexibility index (Phi) is 3.98. The van der Waals surface area contributed by atoms with E-state index in [1.807, 2.05) is 0 Å². The summed E-state index contributed by atoms with van der Waals surface area (Å²) >= 11 is 0. The Bertz CT molecular complexity index is 413. The summed E-state index contributed by atoms with van der Waals surface area (Å²) in [5.41, 5.74) is 0.164. The van der Waals surface area contributed by atoms with Gasteiger partial charge in [0, 0.05) is 5.56 Å². The van der Waals surface area contributed by atoms with Gasteiger partial charge >= 0.3 is 12.3 Å². The van der Waals surface area contributed by atoms with Gasteiger partial charge in [0.05, 0.1) is 12.2 Å². The van der Waals surface area contributed by atoms with Gasteiger partial charge in [-0.1, -0.05) is 6.07 Å². The van der Waals surface area contributed by atoms with E-state index in [4.69, 9.17) is 4.74 Å². The van der Waals surface area contributed by atoms with Gasteiger partial charge in [-0.15, -0.1) is 13.2 Å². The molecule has 0 aliphatic carbocycles. The second-order valence-electron chi connectivity index (χ2n) is 3.20. The van der Waals surface area contributed by atoms with Gasteiger partial charge in [-0.3, -0.25) is 0 Å². The van der Waals surface area contributed by atoms with Crippen LogP contribution in [-0.4, -0.2) is 18.9 Å². The van der Waals surface area contributed by atoms with Crippen molar-refractivity contribution in [1.29, 1.82) is 0 Å². The Balaban J connectivity index is 3.03. The summed E-state index contributed by atoms with van der Waals surface area (Å²) in [4.78, 5) is 11.4. The van der Waals surface area contributed by atoms with Crippen molar-refractivity contribution in [2.75, 3.05) is 6.61 Å². The van der Waals surface area contributed by atoms with Crippen LogP contribution >= 0.6 is 0 Å². The number of benzene rings is 1. The minimum absolute atomic E-state index is 0.0635. The van der Waals surface area contributed by atoms with E-state index >= 15 is 0 Å². The lowest BCUT2D eigenvalue weighted by molar-refractivity contribution is -0.274. The second kappa shape index (κ2) is 5.07. The molecule has 1 aromatic rings. The predicted molar refractivity (Wildman–Crippen MR) is 53.8 cm³/mol. The second-order valence-corrected chi connectivity index (χ2v) is 3.20. The van der Waals surface area contributed by atoms with Crippen LogP contribution in [0.3, 0.4) is 0 Å². The van der Waals surface area contributed by atoms with Gasteiger partial charge < -0.3 is 9.47 Å². The minimum Gasteiger partial charge on any atom is -0.462 e. The number of halogens is 3. The largest absolute Gasteiger partial charge is 0.573 e. The molecule has 0 unspecified atom stereocenters. The lowest BCUT2D eigenvalue weighted by Gasteiger charge is -2.13. The first kappa shape index (κ1) is 13.3. The Labute approximate surface area is 96.1 Å². The minimum atomic E-state index is -4.78. The number of rotatable bonds is 3. The standard InChI is InChI=1S/C11H11F3O3/c1-3-16-10(15)8-5-4-6-9(7(8)2)17-11(12,13)14/h4-6H,3H2,1-2H3. The van der Waals surface area contributed by atoms with Crippen molar-refractivity contribution >= 4 is 5.97 Å². The summed E-state index contributed by atoms with van der Waals surface area (Å²) in [6, 6.07) is 3.84. The molecule has 0 aliphatic heterocycles. The fourth-order valence-electron chi connectivity index (χ4n) is 1.28. The molecule has 17 heavy (non-hydrogen) atoms. The third kappa shape index (κ3) is 3.65. The molecule has 1 rings (SSSR count). The summed E-state index contributed by atoms with van der Waals surface area (Å²) in [6.07, 6.45) is -4.78. The maximum Gasteiger partial charge on any atom is 0.573 e. The Hall–Kier alpha value is -1.72. The van der Waals surface area contributed by atoms with Gasteiger partial charge in [0.25, 0.3) is 0 Å². The zero-order valence-corrected chi connectivity index (χ0v) is 9.30. The van der Waals surface area contributed by atoms with Gasteiger partial charge in [0.1, 0.15) is 5.75 Å². The molecule has 0 saturated carbocycles. The van der Waals surface area contributed by atoms with E-state index in [2.05, 4.69) is 4.74 Å². The zero-order chi connectivity index (χ0) is 13.1. The van der Waals surface area contributed by atoms with Crippen molar-refractivity contribution in [2.45, 2.75) is 20.2 Å². The number of ether oxygens (including phenoxy) is 2. The van der Waals surface area contributed by atoms with Crippen molar-refractivity contribution in [3.05, 3.63) is 29.3 Å². The fourth-order valence-corrected chi connectivity index (χ4v) is 1.28. The van der Waals surface area contributed by atoms with Crippen molar-refractivity contribution in [3.8, 4) is 5.75 Å². The maximum absolute atomic E-state index is 12.1. The van der Waals surface area contributed by atoms with Crippen LogP contribution in [0.25, 0.3) is 0 Å². The molecule has 94 valence electrons. The number of esters is 1. The number of carbonyl (C=O) groups excluding carboxylic acids is 1. The third-order valence-corrected chi connectivity index (χ3v) is 2.01. The van der Waals surface area contributed by atoms with Crippen LogP contribution in [0.1, 0.15) is 22.8 Å². The van der Waals surface area contributed by atoms with Crippen molar-refractivity contribution in [1.82, 2.24) is 0 Å². The summed E-state index contributed by atoms with van der Waals surface area (Å²) in [6.45, 7) is 3.14. The Morgan fingerprint density at radius 3 is 2.53 bits per heavy atom. The van der Waals surface area contributed by atoms with Crippen LogP contribution < -0.4 is 4.74 Å². The Morgan fingerprint density at radius 2 is 2.00 bits per heavy atom. The lowest BCUT2D eigenvalue weighted by atomic mass is 10.1. The quantitative estimate of drug-likeness (QED) is 0.771. The number of hydrogen-bond donors (Lipinski definition) is 0. The van der Waals surface area contributed by atoms with E-state index in [1.165, 1.54) is 19.1 Å².